The summed E-state index contributed by atoms with van der Waals surface area (Å²) in [6.45, 7) is 0. The van der Waals surface area contributed by atoms with Crippen LogP contribution in [0.5, 0.6) is 0 Å². The maximum atomic E-state index is 9.22. The fourth-order valence-corrected chi connectivity index (χ4v) is 5.15. The Hall–Kier alpha value is -3.47. The molecule has 1 aromatic carbocycles. The van der Waals surface area contributed by atoms with Gasteiger partial charge in [-0.2, -0.15) is 5.26 Å². The predicted molar refractivity (Wildman–Crippen MR) is 143 cm³/mol. The Bertz CT molecular complexity index is 1420. The second-order valence-electron chi connectivity index (χ2n) is 9.63. The highest BCUT2D eigenvalue weighted by molar-refractivity contribution is 5.85. The minimum Gasteiger partial charge on any atom is -0.381 e. The van der Waals surface area contributed by atoms with Crippen molar-refractivity contribution >= 4 is 35.1 Å². The van der Waals surface area contributed by atoms with Crippen LogP contribution in [0.1, 0.15) is 61.6 Å². The van der Waals surface area contributed by atoms with Crippen molar-refractivity contribution in [2.75, 3.05) is 12.4 Å². The van der Waals surface area contributed by atoms with E-state index in [2.05, 4.69) is 56.3 Å². The molecule has 184 valence electrons. The molecular weight excluding hydrogens is 472 g/mol. The summed E-state index contributed by atoms with van der Waals surface area (Å²) in [7, 11) is 1.81. The lowest BCUT2D eigenvalue weighted by atomic mass is 9.92. The summed E-state index contributed by atoms with van der Waals surface area (Å²) in [5.74, 6) is 1.95. The van der Waals surface area contributed by atoms with Crippen LogP contribution in [0.3, 0.4) is 0 Å². The largest absolute Gasteiger partial charge is 0.381 e. The Kier molecular flexibility index (Phi) is 6.90. The maximum Gasteiger partial charge on any atom is 0.132 e. The van der Waals surface area contributed by atoms with E-state index < -0.39 is 0 Å². The number of benzene rings is 1. The van der Waals surface area contributed by atoms with E-state index >= 15 is 0 Å². The summed E-state index contributed by atoms with van der Waals surface area (Å²) >= 11 is 0. The van der Waals surface area contributed by atoms with Gasteiger partial charge in [-0.05, 0) is 86.4 Å². The van der Waals surface area contributed by atoms with Crippen LogP contribution in [0, 0.1) is 11.3 Å². The Morgan fingerprint density at radius 3 is 2.56 bits per heavy atom. The first-order valence-corrected chi connectivity index (χ1v) is 12.3. The quantitative estimate of drug-likeness (QED) is 0.323. The molecule has 2 aliphatic rings. The third kappa shape index (κ3) is 4.92. The normalized spacial score (nSPS) is 19.4. The van der Waals surface area contributed by atoms with E-state index in [1.54, 1.807) is 18.3 Å². The lowest BCUT2D eigenvalue weighted by molar-refractivity contribution is 0.0589. The Labute approximate surface area is 217 Å². The van der Waals surface area contributed by atoms with Crippen molar-refractivity contribution in [3.63, 3.8) is 0 Å². The summed E-state index contributed by atoms with van der Waals surface area (Å²) < 4.78 is 7.90. The molecule has 0 bridgehead atoms. The lowest BCUT2D eigenvalue weighted by Crippen LogP contribution is -2.22. The second kappa shape index (κ2) is 10.3. The SMILES string of the molecule is COC1CCC(n2cnc3ccc(-c4cc(C5CC5)cc(Nc5cc(C#N)ccn5)n4)cc32)CC1.Cl. The molecule has 0 radical (unpaired) electrons. The van der Waals surface area contributed by atoms with Gasteiger partial charge in [-0.15, -0.1) is 12.4 Å². The van der Waals surface area contributed by atoms with Crippen LogP contribution in [0.15, 0.2) is 55.0 Å². The van der Waals surface area contributed by atoms with E-state index in [4.69, 9.17) is 9.72 Å². The summed E-state index contributed by atoms with van der Waals surface area (Å²) in [5.41, 5.74) is 6.04. The maximum absolute atomic E-state index is 9.22. The minimum absolute atomic E-state index is 0. The fraction of sp³-hybridized carbons (Fsp3) is 0.357. The molecule has 0 amide bonds. The molecule has 0 unspecified atom stereocenters. The Balaban J connectivity index is 0.00000267. The zero-order chi connectivity index (χ0) is 23.8. The fourth-order valence-electron chi connectivity index (χ4n) is 5.15. The number of nitriles is 1. The first-order valence-electron chi connectivity index (χ1n) is 12.3. The van der Waals surface area contributed by atoms with Gasteiger partial charge < -0.3 is 14.6 Å². The van der Waals surface area contributed by atoms with Crippen LogP contribution >= 0.6 is 12.4 Å². The van der Waals surface area contributed by atoms with Crippen LogP contribution < -0.4 is 5.32 Å². The van der Waals surface area contributed by atoms with Gasteiger partial charge in [-0.3, -0.25) is 0 Å². The second-order valence-corrected chi connectivity index (χ2v) is 9.63. The molecule has 2 fully saturated rings. The third-order valence-electron chi connectivity index (χ3n) is 7.28. The van der Waals surface area contributed by atoms with Gasteiger partial charge in [0.15, 0.2) is 0 Å². The molecule has 36 heavy (non-hydrogen) atoms. The van der Waals surface area contributed by atoms with E-state index in [-0.39, 0.29) is 12.4 Å². The molecule has 0 aliphatic heterocycles. The van der Waals surface area contributed by atoms with Gasteiger partial charge in [0.25, 0.3) is 0 Å². The summed E-state index contributed by atoms with van der Waals surface area (Å²) in [4.78, 5) is 14.0. The first kappa shape index (κ1) is 24.2. The average Bonchev–Trinajstić information content (AvgIpc) is 3.68. The van der Waals surface area contributed by atoms with Gasteiger partial charge >= 0.3 is 0 Å². The molecule has 1 N–H and O–H groups in total. The van der Waals surface area contributed by atoms with Gasteiger partial charge in [0.2, 0.25) is 0 Å². The molecule has 0 spiro atoms. The van der Waals surface area contributed by atoms with Gasteiger partial charge in [0.05, 0.1) is 40.8 Å². The van der Waals surface area contributed by atoms with E-state index in [0.717, 1.165) is 53.8 Å². The number of rotatable bonds is 6. The van der Waals surface area contributed by atoms with Crippen molar-refractivity contribution in [3.05, 3.63) is 66.1 Å². The number of nitrogens with zero attached hydrogens (tertiary/aromatic N) is 5. The number of imidazole rings is 1. The number of methoxy groups -OCH3 is 1. The minimum atomic E-state index is 0. The molecule has 8 heteroatoms. The number of fused-ring (bicyclic) bond motifs is 1. The molecule has 7 nitrogen and oxygen atoms in total. The predicted octanol–water partition coefficient (Wildman–Crippen LogP) is 6.54. The van der Waals surface area contributed by atoms with Crippen molar-refractivity contribution in [3.8, 4) is 17.3 Å². The van der Waals surface area contributed by atoms with Gasteiger partial charge in [-0.25, -0.2) is 15.0 Å². The van der Waals surface area contributed by atoms with Gasteiger partial charge in [0, 0.05) is 24.9 Å². The zero-order valence-electron chi connectivity index (χ0n) is 20.2. The number of hydrogen-bond donors (Lipinski definition) is 1. The number of hydrogen-bond acceptors (Lipinski definition) is 6. The monoisotopic (exact) mass is 500 g/mol. The van der Waals surface area contributed by atoms with Gasteiger partial charge in [0.1, 0.15) is 11.6 Å². The molecule has 3 aromatic heterocycles. The molecule has 2 aliphatic carbocycles. The van der Waals surface area contributed by atoms with Crippen molar-refractivity contribution in [1.29, 1.82) is 5.26 Å². The van der Waals surface area contributed by atoms with Gasteiger partial charge in [-0.1, -0.05) is 6.07 Å². The number of ether oxygens (including phenoxy) is 1. The smallest absolute Gasteiger partial charge is 0.132 e. The number of aromatic nitrogens is 4. The van der Waals surface area contributed by atoms with E-state index in [0.29, 0.717) is 29.4 Å². The van der Waals surface area contributed by atoms with Crippen LogP contribution in [0.2, 0.25) is 0 Å². The first-order chi connectivity index (χ1) is 17.2. The summed E-state index contributed by atoms with van der Waals surface area (Å²) in [5, 5.41) is 12.5. The van der Waals surface area contributed by atoms with E-state index in [1.807, 2.05) is 13.4 Å². The lowest BCUT2D eigenvalue weighted by Gasteiger charge is -2.28. The standard InChI is InChI=1S/C28H28N6O.ClH/c1-35-23-7-5-22(6-8-23)34-17-31-24-9-4-20(14-26(24)34)25-13-21(19-2-3-19)15-28(32-25)33-27-12-18(16-29)10-11-30-27;/h4,9-15,17,19,22-23H,2-3,5-8H2,1H3,(H,30,32,33);1H. The van der Waals surface area contributed by atoms with Crippen LogP contribution in [0.25, 0.3) is 22.3 Å². The summed E-state index contributed by atoms with van der Waals surface area (Å²) in [6, 6.07) is 16.8. The number of pyridine rings is 2. The van der Waals surface area contributed by atoms with E-state index in [1.165, 1.54) is 18.4 Å². The molecule has 2 saturated carbocycles. The van der Waals surface area contributed by atoms with Crippen molar-refractivity contribution in [1.82, 2.24) is 19.5 Å². The summed E-state index contributed by atoms with van der Waals surface area (Å²) in [6.07, 6.45) is 10.8. The molecule has 0 atom stereocenters. The molecular formula is C28H29ClN6O. The van der Waals surface area contributed by atoms with Crippen LogP contribution in [-0.4, -0.2) is 32.7 Å². The van der Waals surface area contributed by atoms with Crippen LogP contribution in [0.4, 0.5) is 11.6 Å². The molecule has 0 saturated heterocycles. The Morgan fingerprint density at radius 2 is 1.81 bits per heavy atom. The zero-order valence-corrected chi connectivity index (χ0v) is 21.0. The van der Waals surface area contributed by atoms with Crippen molar-refractivity contribution in [2.24, 2.45) is 0 Å². The number of halogens is 1. The molecule has 6 rings (SSSR count). The van der Waals surface area contributed by atoms with Crippen LogP contribution in [-0.2, 0) is 4.74 Å². The number of anilines is 2. The Morgan fingerprint density at radius 1 is 0.972 bits per heavy atom. The highest BCUT2D eigenvalue weighted by atomic mass is 35.5. The molecule has 3 heterocycles. The highest BCUT2D eigenvalue weighted by Gasteiger charge is 2.26. The number of nitrogens with one attached hydrogen (secondary N) is 1. The average molecular weight is 501 g/mol. The third-order valence-corrected chi connectivity index (χ3v) is 7.28. The topological polar surface area (TPSA) is 88.6 Å². The van der Waals surface area contributed by atoms with E-state index in [9.17, 15) is 5.26 Å². The van der Waals surface area contributed by atoms with Crippen molar-refractivity contribution < 1.29 is 4.74 Å². The van der Waals surface area contributed by atoms with Crippen molar-refractivity contribution in [2.45, 2.75) is 56.6 Å². The molecule has 4 aromatic rings. The highest BCUT2D eigenvalue weighted by Crippen LogP contribution is 2.42.